The molecule has 0 saturated heterocycles. The van der Waals surface area contributed by atoms with Crippen molar-refractivity contribution in [3.05, 3.63) is 34.9 Å². The van der Waals surface area contributed by atoms with Gasteiger partial charge in [0.2, 0.25) is 0 Å². The molecule has 0 aliphatic heterocycles. The van der Waals surface area contributed by atoms with Gasteiger partial charge in [-0.05, 0) is 54.8 Å². The maximum absolute atomic E-state index is 3.60. The first-order valence-electron chi connectivity index (χ1n) is 7.04. The molecule has 17 heavy (non-hydrogen) atoms. The van der Waals surface area contributed by atoms with Crippen molar-refractivity contribution in [3.63, 3.8) is 0 Å². The van der Waals surface area contributed by atoms with Gasteiger partial charge >= 0.3 is 0 Å². The van der Waals surface area contributed by atoms with Crippen molar-refractivity contribution < 1.29 is 0 Å². The summed E-state index contributed by atoms with van der Waals surface area (Å²) in [5, 5.41) is 3.60. The third kappa shape index (κ3) is 3.10. The van der Waals surface area contributed by atoms with Gasteiger partial charge in [0.25, 0.3) is 0 Å². The molecular weight excluding hydrogens is 206 g/mol. The average Bonchev–Trinajstić information content (AvgIpc) is 2.75. The molecule has 1 heteroatoms. The van der Waals surface area contributed by atoms with Crippen molar-refractivity contribution in [2.75, 3.05) is 6.54 Å². The Balaban J connectivity index is 2.07. The first-order chi connectivity index (χ1) is 8.20. The van der Waals surface area contributed by atoms with E-state index < -0.39 is 0 Å². The number of aryl methyl sites for hydroxylation is 2. The van der Waals surface area contributed by atoms with Gasteiger partial charge in [0.05, 0.1) is 0 Å². The lowest BCUT2D eigenvalue weighted by atomic mass is 9.94. The Bertz CT molecular complexity index is 368. The summed E-state index contributed by atoms with van der Waals surface area (Å²) in [5.74, 6) is 0.697. The number of hydrogen-bond acceptors (Lipinski definition) is 1. The van der Waals surface area contributed by atoms with Crippen LogP contribution in [0, 0.1) is 5.92 Å². The van der Waals surface area contributed by atoms with Crippen LogP contribution in [-0.2, 0) is 19.3 Å². The molecule has 1 N–H and O–H groups in total. The first kappa shape index (κ1) is 12.6. The van der Waals surface area contributed by atoms with Gasteiger partial charge in [0, 0.05) is 6.04 Å². The van der Waals surface area contributed by atoms with E-state index in [0.29, 0.717) is 12.0 Å². The van der Waals surface area contributed by atoms with E-state index in [-0.39, 0.29) is 0 Å². The van der Waals surface area contributed by atoms with Crippen LogP contribution in [-0.4, -0.2) is 12.6 Å². The first-order valence-corrected chi connectivity index (χ1v) is 7.04. The zero-order valence-corrected chi connectivity index (χ0v) is 11.4. The number of hydrogen-bond donors (Lipinski definition) is 1. The van der Waals surface area contributed by atoms with Crippen LogP contribution >= 0.6 is 0 Å². The van der Waals surface area contributed by atoms with Gasteiger partial charge in [-0.25, -0.2) is 0 Å². The van der Waals surface area contributed by atoms with Crippen LogP contribution in [0.1, 0.15) is 43.9 Å². The Morgan fingerprint density at radius 3 is 2.65 bits per heavy atom. The Hall–Kier alpha value is -0.820. The highest BCUT2D eigenvalue weighted by atomic mass is 14.9. The van der Waals surface area contributed by atoms with E-state index >= 15 is 0 Å². The Kier molecular flexibility index (Phi) is 4.22. The SMILES string of the molecule is CCNC(Cc1ccc2c(c1)CCC2)C(C)C. The predicted molar refractivity (Wildman–Crippen MR) is 74.5 cm³/mol. The van der Waals surface area contributed by atoms with Crippen molar-refractivity contribution in [2.45, 2.75) is 52.5 Å². The summed E-state index contributed by atoms with van der Waals surface area (Å²) < 4.78 is 0. The minimum Gasteiger partial charge on any atom is -0.314 e. The summed E-state index contributed by atoms with van der Waals surface area (Å²) >= 11 is 0. The lowest BCUT2D eigenvalue weighted by Crippen LogP contribution is -2.35. The molecular formula is C16H25N. The standard InChI is InChI=1S/C16H25N/c1-4-17-16(12(2)3)11-13-8-9-14-6-5-7-15(14)10-13/h8-10,12,16-17H,4-7,11H2,1-3H3. The van der Waals surface area contributed by atoms with Crippen LogP contribution in [0.15, 0.2) is 18.2 Å². The van der Waals surface area contributed by atoms with E-state index in [4.69, 9.17) is 0 Å². The smallest absolute Gasteiger partial charge is 0.0130 e. The molecule has 0 fully saturated rings. The number of rotatable bonds is 5. The minimum atomic E-state index is 0.611. The van der Waals surface area contributed by atoms with Gasteiger partial charge in [0.15, 0.2) is 0 Å². The second-order valence-corrected chi connectivity index (χ2v) is 5.57. The number of nitrogens with one attached hydrogen (secondary N) is 1. The zero-order chi connectivity index (χ0) is 12.3. The van der Waals surface area contributed by atoms with Crippen LogP contribution in [0.2, 0.25) is 0 Å². The third-order valence-electron chi connectivity index (χ3n) is 3.89. The van der Waals surface area contributed by atoms with Crippen molar-refractivity contribution in [1.82, 2.24) is 5.32 Å². The molecule has 0 amide bonds. The molecule has 2 rings (SSSR count). The van der Waals surface area contributed by atoms with E-state index in [2.05, 4.69) is 44.3 Å². The molecule has 1 aliphatic rings. The molecule has 0 radical (unpaired) electrons. The molecule has 0 bridgehead atoms. The highest BCUT2D eigenvalue weighted by molar-refractivity contribution is 5.35. The molecule has 0 saturated carbocycles. The lowest BCUT2D eigenvalue weighted by Gasteiger charge is -2.22. The van der Waals surface area contributed by atoms with Crippen molar-refractivity contribution >= 4 is 0 Å². The number of benzene rings is 1. The molecule has 0 heterocycles. The van der Waals surface area contributed by atoms with Crippen molar-refractivity contribution in [3.8, 4) is 0 Å². The van der Waals surface area contributed by atoms with Crippen LogP contribution in [0.25, 0.3) is 0 Å². The highest BCUT2D eigenvalue weighted by Crippen LogP contribution is 2.23. The number of likely N-dealkylation sites (N-methyl/N-ethyl adjacent to an activating group) is 1. The molecule has 0 spiro atoms. The molecule has 1 unspecified atom stereocenters. The van der Waals surface area contributed by atoms with Gasteiger partial charge in [0.1, 0.15) is 0 Å². The summed E-state index contributed by atoms with van der Waals surface area (Å²) in [5.41, 5.74) is 4.69. The maximum atomic E-state index is 3.60. The summed E-state index contributed by atoms with van der Waals surface area (Å²) in [7, 11) is 0. The molecule has 1 aliphatic carbocycles. The molecule has 1 aromatic rings. The average molecular weight is 231 g/mol. The maximum Gasteiger partial charge on any atom is 0.0130 e. The minimum absolute atomic E-state index is 0.611. The Morgan fingerprint density at radius 1 is 1.18 bits per heavy atom. The topological polar surface area (TPSA) is 12.0 Å². The van der Waals surface area contributed by atoms with E-state index in [1.54, 1.807) is 11.1 Å². The van der Waals surface area contributed by atoms with Gasteiger partial charge in [-0.15, -0.1) is 0 Å². The Labute approximate surface area is 106 Å². The predicted octanol–water partition coefficient (Wildman–Crippen LogP) is 3.35. The van der Waals surface area contributed by atoms with Gasteiger partial charge < -0.3 is 5.32 Å². The highest BCUT2D eigenvalue weighted by Gasteiger charge is 2.15. The van der Waals surface area contributed by atoms with Gasteiger partial charge in [-0.3, -0.25) is 0 Å². The van der Waals surface area contributed by atoms with Crippen LogP contribution in [0.5, 0.6) is 0 Å². The molecule has 94 valence electrons. The Morgan fingerprint density at radius 2 is 1.94 bits per heavy atom. The summed E-state index contributed by atoms with van der Waals surface area (Å²) in [6.45, 7) is 7.87. The fourth-order valence-electron chi connectivity index (χ4n) is 2.81. The number of fused-ring (bicyclic) bond motifs is 1. The quantitative estimate of drug-likeness (QED) is 0.819. The van der Waals surface area contributed by atoms with Crippen molar-refractivity contribution in [1.29, 1.82) is 0 Å². The normalized spacial score (nSPS) is 16.2. The molecule has 1 aromatic carbocycles. The molecule has 1 atom stereocenters. The molecule has 0 aromatic heterocycles. The summed E-state index contributed by atoms with van der Waals surface area (Å²) in [4.78, 5) is 0. The van der Waals surface area contributed by atoms with E-state index in [1.165, 1.54) is 31.2 Å². The largest absolute Gasteiger partial charge is 0.314 e. The second-order valence-electron chi connectivity index (χ2n) is 5.57. The molecule has 1 nitrogen and oxygen atoms in total. The van der Waals surface area contributed by atoms with E-state index in [1.807, 2.05) is 0 Å². The van der Waals surface area contributed by atoms with E-state index in [9.17, 15) is 0 Å². The summed E-state index contributed by atoms with van der Waals surface area (Å²) in [6.07, 6.45) is 5.09. The zero-order valence-electron chi connectivity index (χ0n) is 11.4. The van der Waals surface area contributed by atoms with Crippen LogP contribution in [0.3, 0.4) is 0 Å². The monoisotopic (exact) mass is 231 g/mol. The van der Waals surface area contributed by atoms with Gasteiger partial charge in [-0.2, -0.15) is 0 Å². The van der Waals surface area contributed by atoms with Crippen LogP contribution < -0.4 is 5.32 Å². The second kappa shape index (κ2) is 5.68. The summed E-state index contributed by atoms with van der Waals surface area (Å²) in [6, 6.07) is 7.73. The third-order valence-corrected chi connectivity index (χ3v) is 3.89. The van der Waals surface area contributed by atoms with Gasteiger partial charge in [-0.1, -0.05) is 39.0 Å². The fraction of sp³-hybridized carbons (Fsp3) is 0.625. The van der Waals surface area contributed by atoms with Crippen LogP contribution in [0.4, 0.5) is 0 Å². The lowest BCUT2D eigenvalue weighted by molar-refractivity contribution is 0.405. The fourth-order valence-corrected chi connectivity index (χ4v) is 2.81. The van der Waals surface area contributed by atoms with E-state index in [0.717, 1.165) is 6.54 Å². The van der Waals surface area contributed by atoms with Crippen molar-refractivity contribution in [2.24, 2.45) is 5.92 Å².